The number of benzene rings is 1. The molecule has 0 saturated heterocycles. The van der Waals surface area contributed by atoms with E-state index in [1.165, 1.54) is 31.3 Å². The van der Waals surface area contributed by atoms with Crippen molar-refractivity contribution in [2.45, 2.75) is 38.6 Å². The maximum atomic E-state index is 5.63. The minimum atomic E-state index is 0.674. The topological polar surface area (TPSA) is 56.7 Å². The molecular formula is C21H20N4O. The number of nitrogens with zero attached hydrogens (tertiary/aromatic N) is 4. The number of rotatable bonds is 4. The van der Waals surface area contributed by atoms with Crippen LogP contribution in [-0.4, -0.2) is 19.5 Å². The molecule has 3 aromatic heterocycles. The Hall–Kier alpha value is -2.95. The van der Waals surface area contributed by atoms with Gasteiger partial charge in [0, 0.05) is 6.54 Å². The van der Waals surface area contributed by atoms with Crippen molar-refractivity contribution in [3.8, 4) is 11.6 Å². The van der Waals surface area contributed by atoms with Crippen LogP contribution in [0.5, 0.6) is 0 Å². The van der Waals surface area contributed by atoms with Crippen molar-refractivity contribution in [1.29, 1.82) is 0 Å². The standard InChI is InChI=1S/C21H20N4O/c1-2-7-15(8-3-1)12-13-25-20(18-11-6-14-26-18)24-19-21(25)23-17-10-5-4-9-16(17)22-19/h4-7,9-11,14H,1-3,8,12-13H2. The second-order valence-corrected chi connectivity index (χ2v) is 6.78. The first-order valence-corrected chi connectivity index (χ1v) is 9.23. The molecule has 1 aliphatic carbocycles. The van der Waals surface area contributed by atoms with Gasteiger partial charge in [-0.05, 0) is 56.4 Å². The van der Waals surface area contributed by atoms with Crippen molar-refractivity contribution in [3.63, 3.8) is 0 Å². The highest BCUT2D eigenvalue weighted by Crippen LogP contribution is 2.27. The molecule has 1 aliphatic rings. The first kappa shape index (κ1) is 15.3. The van der Waals surface area contributed by atoms with Crippen LogP contribution < -0.4 is 0 Å². The van der Waals surface area contributed by atoms with Gasteiger partial charge in [-0.25, -0.2) is 15.0 Å². The Bertz CT molecular complexity index is 1090. The van der Waals surface area contributed by atoms with E-state index in [1.54, 1.807) is 6.26 Å². The first-order chi connectivity index (χ1) is 12.9. The minimum absolute atomic E-state index is 0.674. The molecule has 130 valence electrons. The van der Waals surface area contributed by atoms with E-state index >= 15 is 0 Å². The number of para-hydroxylation sites is 2. The molecular weight excluding hydrogens is 324 g/mol. The maximum Gasteiger partial charge on any atom is 0.198 e. The van der Waals surface area contributed by atoms with E-state index in [-0.39, 0.29) is 0 Å². The molecule has 0 atom stereocenters. The number of aromatic nitrogens is 4. The van der Waals surface area contributed by atoms with Gasteiger partial charge >= 0.3 is 0 Å². The number of allylic oxidation sites excluding steroid dienone is 2. The fraction of sp³-hybridized carbons (Fsp3) is 0.286. The highest BCUT2D eigenvalue weighted by Gasteiger charge is 2.18. The largest absolute Gasteiger partial charge is 0.461 e. The lowest BCUT2D eigenvalue weighted by Crippen LogP contribution is -2.04. The molecule has 3 heterocycles. The van der Waals surface area contributed by atoms with Gasteiger partial charge in [-0.15, -0.1) is 0 Å². The maximum absolute atomic E-state index is 5.63. The Balaban J connectivity index is 1.63. The highest BCUT2D eigenvalue weighted by molar-refractivity contribution is 5.84. The van der Waals surface area contributed by atoms with Gasteiger partial charge in [0.2, 0.25) is 0 Å². The minimum Gasteiger partial charge on any atom is -0.461 e. The van der Waals surface area contributed by atoms with Gasteiger partial charge in [-0.1, -0.05) is 23.8 Å². The molecule has 0 N–H and O–H groups in total. The average molecular weight is 344 g/mol. The molecule has 5 rings (SSSR count). The summed E-state index contributed by atoms with van der Waals surface area (Å²) in [7, 11) is 0. The number of imidazole rings is 1. The summed E-state index contributed by atoms with van der Waals surface area (Å²) in [6, 6.07) is 11.8. The van der Waals surface area contributed by atoms with Gasteiger partial charge in [0.05, 0.1) is 17.3 Å². The fourth-order valence-corrected chi connectivity index (χ4v) is 3.69. The van der Waals surface area contributed by atoms with Crippen LogP contribution in [0.3, 0.4) is 0 Å². The smallest absolute Gasteiger partial charge is 0.198 e. The van der Waals surface area contributed by atoms with Crippen molar-refractivity contribution in [2.24, 2.45) is 0 Å². The van der Waals surface area contributed by atoms with Gasteiger partial charge < -0.3 is 8.98 Å². The Kier molecular flexibility index (Phi) is 3.77. The zero-order valence-electron chi connectivity index (χ0n) is 14.6. The second-order valence-electron chi connectivity index (χ2n) is 6.78. The second kappa shape index (κ2) is 6.41. The van der Waals surface area contributed by atoms with Crippen LogP contribution in [0, 0.1) is 0 Å². The van der Waals surface area contributed by atoms with Gasteiger partial charge in [-0.3, -0.25) is 0 Å². The number of aryl methyl sites for hydroxylation is 1. The normalized spacial score (nSPS) is 14.8. The molecule has 0 aliphatic heterocycles. The number of furan rings is 1. The Morgan fingerprint density at radius 1 is 0.962 bits per heavy atom. The van der Waals surface area contributed by atoms with Crippen LogP contribution in [-0.2, 0) is 6.54 Å². The predicted molar refractivity (Wildman–Crippen MR) is 102 cm³/mol. The number of fused-ring (bicyclic) bond motifs is 2. The molecule has 5 nitrogen and oxygen atoms in total. The molecule has 0 spiro atoms. The summed E-state index contributed by atoms with van der Waals surface area (Å²) < 4.78 is 7.78. The molecule has 0 saturated carbocycles. The SMILES string of the molecule is C1=C(CCn2c(-c3ccco3)nc3nc4ccccc4nc32)CCCC1. The molecule has 1 aromatic carbocycles. The van der Waals surface area contributed by atoms with E-state index in [0.29, 0.717) is 5.65 Å². The third-order valence-corrected chi connectivity index (χ3v) is 5.04. The molecule has 0 bridgehead atoms. The van der Waals surface area contributed by atoms with Crippen molar-refractivity contribution in [2.75, 3.05) is 0 Å². The third kappa shape index (κ3) is 2.69. The van der Waals surface area contributed by atoms with E-state index in [2.05, 4.69) is 10.6 Å². The summed E-state index contributed by atoms with van der Waals surface area (Å²) in [6.45, 7) is 0.839. The molecule has 0 fully saturated rings. The van der Waals surface area contributed by atoms with Crippen molar-refractivity contribution < 1.29 is 4.42 Å². The zero-order chi connectivity index (χ0) is 17.3. The summed E-state index contributed by atoms with van der Waals surface area (Å²) in [5.41, 5.74) is 4.80. The van der Waals surface area contributed by atoms with Crippen molar-refractivity contribution in [3.05, 3.63) is 54.3 Å². The molecule has 4 aromatic rings. The number of hydrogen-bond acceptors (Lipinski definition) is 4. The van der Waals surface area contributed by atoms with E-state index in [1.807, 2.05) is 36.4 Å². The monoisotopic (exact) mass is 344 g/mol. The summed E-state index contributed by atoms with van der Waals surface area (Å²) in [6.07, 6.45) is 10.1. The molecule has 0 radical (unpaired) electrons. The Labute approximate surface area is 151 Å². The van der Waals surface area contributed by atoms with Gasteiger partial charge in [-0.2, -0.15) is 0 Å². The van der Waals surface area contributed by atoms with Crippen molar-refractivity contribution >= 4 is 22.3 Å². The van der Waals surface area contributed by atoms with Crippen LogP contribution in [0.4, 0.5) is 0 Å². The molecule has 26 heavy (non-hydrogen) atoms. The molecule has 0 amide bonds. The molecule has 0 unspecified atom stereocenters. The van der Waals surface area contributed by atoms with E-state index in [9.17, 15) is 0 Å². The third-order valence-electron chi connectivity index (χ3n) is 5.04. The summed E-state index contributed by atoms with van der Waals surface area (Å²) in [4.78, 5) is 14.3. The molecule has 5 heteroatoms. The Morgan fingerprint density at radius 2 is 1.85 bits per heavy atom. The van der Waals surface area contributed by atoms with Crippen LogP contribution in [0.1, 0.15) is 32.1 Å². The highest BCUT2D eigenvalue weighted by atomic mass is 16.3. The van der Waals surface area contributed by atoms with Crippen LogP contribution >= 0.6 is 0 Å². The summed E-state index contributed by atoms with van der Waals surface area (Å²) >= 11 is 0. The van der Waals surface area contributed by atoms with Gasteiger partial charge in [0.1, 0.15) is 0 Å². The first-order valence-electron chi connectivity index (χ1n) is 9.23. The van der Waals surface area contributed by atoms with Crippen LogP contribution in [0.25, 0.3) is 33.9 Å². The lowest BCUT2D eigenvalue weighted by molar-refractivity contribution is 0.566. The van der Waals surface area contributed by atoms with E-state index < -0.39 is 0 Å². The van der Waals surface area contributed by atoms with E-state index in [4.69, 9.17) is 19.4 Å². The quantitative estimate of drug-likeness (QED) is 0.482. The lowest BCUT2D eigenvalue weighted by Gasteiger charge is -2.14. The average Bonchev–Trinajstić information content (AvgIpc) is 3.33. The summed E-state index contributed by atoms with van der Waals surface area (Å²) in [5, 5.41) is 0. The van der Waals surface area contributed by atoms with Crippen LogP contribution in [0.2, 0.25) is 0 Å². The van der Waals surface area contributed by atoms with E-state index in [0.717, 1.165) is 41.2 Å². The number of hydrogen-bond donors (Lipinski definition) is 0. The van der Waals surface area contributed by atoms with Crippen LogP contribution in [0.15, 0.2) is 58.7 Å². The van der Waals surface area contributed by atoms with Crippen molar-refractivity contribution in [1.82, 2.24) is 19.5 Å². The lowest BCUT2D eigenvalue weighted by atomic mass is 9.97. The van der Waals surface area contributed by atoms with Gasteiger partial charge in [0.25, 0.3) is 0 Å². The zero-order valence-corrected chi connectivity index (χ0v) is 14.6. The predicted octanol–water partition coefficient (Wildman–Crippen LogP) is 5.13. The Morgan fingerprint density at radius 3 is 2.62 bits per heavy atom. The fourth-order valence-electron chi connectivity index (χ4n) is 3.69. The summed E-state index contributed by atoms with van der Waals surface area (Å²) in [5.74, 6) is 1.56. The van der Waals surface area contributed by atoms with Gasteiger partial charge in [0.15, 0.2) is 22.9 Å².